The summed E-state index contributed by atoms with van der Waals surface area (Å²) in [5.41, 5.74) is 1.06. The van der Waals surface area contributed by atoms with E-state index in [1.807, 2.05) is 24.3 Å². The Labute approximate surface area is 106 Å². The quantitative estimate of drug-likeness (QED) is 0.775. The number of rotatable bonds is 3. The van der Waals surface area contributed by atoms with Crippen LogP contribution < -0.4 is 0 Å². The molecule has 1 saturated heterocycles. The lowest BCUT2D eigenvalue weighted by Crippen LogP contribution is -2.36. The third-order valence-electron chi connectivity index (χ3n) is 3.17. The van der Waals surface area contributed by atoms with Crippen LogP contribution in [-0.2, 0) is 16.1 Å². The van der Waals surface area contributed by atoms with Crippen molar-refractivity contribution in [2.24, 2.45) is 0 Å². The standard InChI is InChI=1S/C13H16ClNO2/c1-17-13(16)12-7-4-8-15(12)9-10-5-2-3-6-11(10)14/h2-3,5-6,12H,4,7-9H2,1H3/t12-/m0/s1. The zero-order valence-corrected chi connectivity index (χ0v) is 10.6. The van der Waals surface area contributed by atoms with Gasteiger partial charge >= 0.3 is 5.97 Å². The van der Waals surface area contributed by atoms with Crippen LogP contribution in [0.5, 0.6) is 0 Å². The van der Waals surface area contributed by atoms with Crippen molar-refractivity contribution in [1.82, 2.24) is 4.90 Å². The largest absolute Gasteiger partial charge is 0.468 e. The van der Waals surface area contributed by atoms with Gasteiger partial charge in [0.15, 0.2) is 0 Å². The van der Waals surface area contributed by atoms with Crippen molar-refractivity contribution in [3.8, 4) is 0 Å². The van der Waals surface area contributed by atoms with E-state index >= 15 is 0 Å². The van der Waals surface area contributed by atoms with Gasteiger partial charge in [-0.2, -0.15) is 0 Å². The van der Waals surface area contributed by atoms with Crippen molar-refractivity contribution in [1.29, 1.82) is 0 Å². The highest BCUT2D eigenvalue weighted by molar-refractivity contribution is 6.31. The van der Waals surface area contributed by atoms with Gasteiger partial charge in [-0.05, 0) is 31.0 Å². The van der Waals surface area contributed by atoms with Crippen molar-refractivity contribution in [2.75, 3.05) is 13.7 Å². The van der Waals surface area contributed by atoms with Gasteiger partial charge in [-0.3, -0.25) is 9.69 Å². The van der Waals surface area contributed by atoms with E-state index in [0.717, 1.165) is 30.0 Å². The Kier molecular flexibility index (Phi) is 4.02. The number of methoxy groups -OCH3 is 1. The molecule has 0 aliphatic carbocycles. The van der Waals surface area contributed by atoms with Crippen LogP contribution in [0.4, 0.5) is 0 Å². The molecule has 1 heterocycles. The van der Waals surface area contributed by atoms with Gasteiger partial charge in [0.2, 0.25) is 0 Å². The zero-order chi connectivity index (χ0) is 12.3. The van der Waals surface area contributed by atoms with Crippen molar-refractivity contribution < 1.29 is 9.53 Å². The first kappa shape index (κ1) is 12.4. The molecule has 0 N–H and O–H groups in total. The fraction of sp³-hybridized carbons (Fsp3) is 0.462. The maximum atomic E-state index is 11.6. The van der Waals surface area contributed by atoms with E-state index in [4.69, 9.17) is 16.3 Å². The Bertz CT molecular complexity index is 408. The molecule has 1 aromatic rings. The van der Waals surface area contributed by atoms with Crippen LogP contribution in [0.3, 0.4) is 0 Å². The third-order valence-corrected chi connectivity index (χ3v) is 3.54. The summed E-state index contributed by atoms with van der Waals surface area (Å²) in [5.74, 6) is -0.144. The first-order chi connectivity index (χ1) is 8.22. The van der Waals surface area contributed by atoms with Gasteiger partial charge in [0, 0.05) is 11.6 Å². The molecule has 0 bridgehead atoms. The fourth-order valence-electron chi connectivity index (χ4n) is 2.26. The average Bonchev–Trinajstić information content (AvgIpc) is 2.79. The number of likely N-dealkylation sites (tertiary alicyclic amines) is 1. The fourth-order valence-corrected chi connectivity index (χ4v) is 2.46. The minimum atomic E-state index is -0.144. The second kappa shape index (κ2) is 5.52. The number of hydrogen-bond acceptors (Lipinski definition) is 3. The number of carbonyl (C=O) groups is 1. The van der Waals surface area contributed by atoms with Crippen LogP contribution in [-0.4, -0.2) is 30.6 Å². The van der Waals surface area contributed by atoms with Crippen molar-refractivity contribution in [3.05, 3.63) is 34.9 Å². The average molecular weight is 254 g/mol. The summed E-state index contributed by atoms with van der Waals surface area (Å²) in [5, 5.41) is 0.753. The lowest BCUT2D eigenvalue weighted by Gasteiger charge is -2.22. The van der Waals surface area contributed by atoms with Crippen LogP contribution in [0.1, 0.15) is 18.4 Å². The molecule has 1 atom stereocenters. The summed E-state index contributed by atoms with van der Waals surface area (Å²) in [6, 6.07) is 7.63. The Morgan fingerprint density at radius 3 is 3.00 bits per heavy atom. The third kappa shape index (κ3) is 2.79. The molecular formula is C13H16ClNO2. The van der Waals surface area contributed by atoms with Gasteiger partial charge in [-0.1, -0.05) is 29.8 Å². The van der Waals surface area contributed by atoms with Gasteiger partial charge < -0.3 is 4.74 Å². The molecule has 0 radical (unpaired) electrons. The van der Waals surface area contributed by atoms with Crippen LogP contribution in [0.25, 0.3) is 0 Å². The zero-order valence-electron chi connectivity index (χ0n) is 9.86. The number of hydrogen-bond donors (Lipinski definition) is 0. The molecule has 0 unspecified atom stereocenters. The van der Waals surface area contributed by atoms with Crippen LogP contribution >= 0.6 is 11.6 Å². The molecule has 17 heavy (non-hydrogen) atoms. The van der Waals surface area contributed by atoms with E-state index in [9.17, 15) is 4.79 Å². The van der Waals surface area contributed by atoms with Gasteiger partial charge in [-0.25, -0.2) is 0 Å². The minimum Gasteiger partial charge on any atom is -0.468 e. The highest BCUT2D eigenvalue weighted by Gasteiger charge is 2.31. The maximum absolute atomic E-state index is 11.6. The van der Waals surface area contributed by atoms with Gasteiger partial charge in [0.1, 0.15) is 6.04 Å². The van der Waals surface area contributed by atoms with E-state index in [1.54, 1.807) is 0 Å². The van der Waals surface area contributed by atoms with E-state index in [1.165, 1.54) is 7.11 Å². The van der Waals surface area contributed by atoms with Gasteiger partial charge in [0.05, 0.1) is 7.11 Å². The molecule has 0 spiro atoms. The summed E-state index contributed by atoms with van der Waals surface area (Å²) < 4.78 is 4.82. The maximum Gasteiger partial charge on any atom is 0.323 e. The normalized spacial score (nSPS) is 20.5. The van der Waals surface area contributed by atoms with E-state index in [0.29, 0.717) is 6.54 Å². The number of halogens is 1. The Hall–Kier alpha value is -1.06. The first-order valence-electron chi connectivity index (χ1n) is 5.77. The number of ether oxygens (including phenoxy) is 1. The van der Waals surface area contributed by atoms with E-state index in [2.05, 4.69) is 4.90 Å². The highest BCUT2D eigenvalue weighted by atomic mass is 35.5. The molecule has 3 nitrogen and oxygen atoms in total. The molecular weight excluding hydrogens is 238 g/mol. The topological polar surface area (TPSA) is 29.5 Å². The van der Waals surface area contributed by atoms with Crippen molar-refractivity contribution in [3.63, 3.8) is 0 Å². The molecule has 4 heteroatoms. The van der Waals surface area contributed by atoms with Gasteiger partial charge in [-0.15, -0.1) is 0 Å². The van der Waals surface area contributed by atoms with Crippen molar-refractivity contribution in [2.45, 2.75) is 25.4 Å². The molecule has 0 amide bonds. The van der Waals surface area contributed by atoms with Crippen LogP contribution in [0, 0.1) is 0 Å². The second-order valence-corrected chi connectivity index (χ2v) is 4.65. The smallest absolute Gasteiger partial charge is 0.323 e. The summed E-state index contributed by atoms with van der Waals surface area (Å²) >= 11 is 6.12. The van der Waals surface area contributed by atoms with Crippen LogP contribution in [0.15, 0.2) is 24.3 Å². The first-order valence-corrected chi connectivity index (χ1v) is 6.15. The van der Waals surface area contributed by atoms with Crippen LogP contribution in [0.2, 0.25) is 5.02 Å². The Morgan fingerprint density at radius 2 is 2.29 bits per heavy atom. The summed E-state index contributed by atoms with van der Waals surface area (Å²) in [6.45, 7) is 1.63. The molecule has 1 fully saturated rings. The molecule has 1 aliphatic heterocycles. The number of nitrogens with zero attached hydrogens (tertiary/aromatic N) is 1. The van der Waals surface area contributed by atoms with E-state index in [-0.39, 0.29) is 12.0 Å². The lowest BCUT2D eigenvalue weighted by molar-refractivity contribution is -0.146. The summed E-state index contributed by atoms with van der Waals surface area (Å²) in [7, 11) is 1.44. The SMILES string of the molecule is COC(=O)[C@@H]1CCCN1Cc1ccccc1Cl. The molecule has 1 aromatic carbocycles. The van der Waals surface area contributed by atoms with E-state index < -0.39 is 0 Å². The van der Waals surface area contributed by atoms with Gasteiger partial charge in [0.25, 0.3) is 0 Å². The molecule has 92 valence electrons. The second-order valence-electron chi connectivity index (χ2n) is 4.24. The number of benzene rings is 1. The summed E-state index contributed by atoms with van der Waals surface area (Å²) in [4.78, 5) is 13.7. The van der Waals surface area contributed by atoms with Crippen molar-refractivity contribution >= 4 is 17.6 Å². The molecule has 0 aromatic heterocycles. The molecule has 2 rings (SSSR count). The summed E-state index contributed by atoms with van der Waals surface area (Å²) in [6.07, 6.45) is 1.90. The monoisotopic (exact) mass is 253 g/mol. The molecule has 0 saturated carbocycles. The predicted octanol–water partition coefficient (Wildman–Crippen LogP) is 2.48. The highest BCUT2D eigenvalue weighted by Crippen LogP contribution is 2.24. The lowest BCUT2D eigenvalue weighted by atomic mass is 10.2. The Balaban J connectivity index is 2.08. The number of esters is 1. The minimum absolute atomic E-state index is 0.115. The molecule has 1 aliphatic rings. The number of carbonyl (C=O) groups excluding carboxylic acids is 1. The predicted molar refractivity (Wildman–Crippen MR) is 66.9 cm³/mol. The Morgan fingerprint density at radius 1 is 1.53 bits per heavy atom.